The van der Waals surface area contributed by atoms with Crippen LogP contribution in [-0.2, 0) is 16.8 Å². The summed E-state index contributed by atoms with van der Waals surface area (Å²) in [7, 11) is 1.76. The molecule has 5 heteroatoms. The summed E-state index contributed by atoms with van der Waals surface area (Å²) in [5, 5.41) is 7.64. The Morgan fingerprint density at radius 2 is 2.14 bits per heavy atom. The number of nitrogens with zero attached hydrogens (tertiary/aromatic N) is 2. The van der Waals surface area contributed by atoms with Crippen LogP contribution in [0.25, 0.3) is 0 Å². The van der Waals surface area contributed by atoms with E-state index in [1.807, 2.05) is 0 Å². The summed E-state index contributed by atoms with van der Waals surface area (Å²) < 4.78 is 11.2. The summed E-state index contributed by atoms with van der Waals surface area (Å²) in [6, 6.07) is 0.350. The van der Waals surface area contributed by atoms with E-state index in [9.17, 15) is 0 Å². The van der Waals surface area contributed by atoms with Gasteiger partial charge >= 0.3 is 0 Å². The second kappa shape index (κ2) is 7.36. The highest BCUT2D eigenvalue weighted by Crippen LogP contribution is 2.40. The molecule has 120 valence electrons. The highest BCUT2D eigenvalue weighted by molar-refractivity contribution is 5.04. The fourth-order valence-electron chi connectivity index (χ4n) is 3.00. The SMILES string of the molecule is CCCNC(C)Cc1nc(C2(OC)CCC(C)CC2)no1. The molecule has 1 N–H and O–H groups in total. The normalized spacial score (nSPS) is 27.7. The summed E-state index contributed by atoms with van der Waals surface area (Å²) >= 11 is 0. The second-order valence-corrected chi connectivity index (χ2v) is 6.45. The Labute approximate surface area is 127 Å². The Morgan fingerprint density at radius 3 is 2.76 bits per heavy atom. The monoisotopic (exact) mass is 295 g/mol. The van der Waals surface area contributed by atoms with Crippen molar-refractivity contribution in [1.29, 1.82) is 0 Å². The lowest BCUT2D eigenvalue weighted by atomic mass is 9.79. The van der Waals surface area contributed by atoms with E-state index >= 15 is 0 Å². The van der Waals surface area contributed by atoms with Gasteiger partial charge in [-0.1, -0.05) is 19.0 Å². The highest BCUT2D eigenvalue weighted by Gasteiger charge is 2.40. The smallest absolute Gasteiger partial charge is 0.228 e. The van der Waals surface area contributed by atoms with Crippen LogP contribution >= 0.6 is 0 Å². The van der Waals surface area contributed by atoms with Gasteiger partial charge in [0.15, 0.2) is 0 Å². The average molecular weight is 295 g/mol. The van der Waals surface area contributed by atoms with E-state index in [1.165, 1.54) is 0 Å². The van der Waals surface area contributed by atoms with Crippen LogP contribution < -0.4 is 5.32 Å². The van der Waals surface area contributed by atoms with Crippen molar-refractivity contribution in [1.82, 2.24) is 15.5 Å². The van der Waals surface area contributed by atoms with Gasteiger partial charge in [0.05, 0.1) is 0 Å². The number of rotatable bonds is 7. The molecule has 1 aliphatic rings. The zero-order chi connectivity index (χ0) is 15.3. The van der Waals surface area contributed by atoms with Crippen LogP contribution in [0.1, 0.15) is 64.6 Å². The van der Waals surface area contributed by atoms with Gasteiger partial charge < -0.3 is 14.6 Å². The molecule has 1 atom stereocenters. The Bertz CT molecular complexity index is 425. The van der Waals surface area contributed by atoms with E-state index < -0.39 is 0 Å². The fraction of sp³-hybridized carbons (Fsp3) is 0.875. The minimum absolute atomic E-state index is 0.339. The highest BCUT2D eigenvalue weighted by atomic mass is 16.5. The van der Waals surface area contributed by atoms with Gasteiger partial charge in [0.1, 0.15) is 5.60 Å². The molecule has 5 nitrogen and oxygen atoms in total. The first-order valence-corrected chi connectivity index (χ1v) is 8.21. The van der Waals surface area contributed by atoms with Crippen molar-refractivity contribution in [3.8, 4) is 0 Å². The molecule has 1 unspecified atom stereocenters. The Hall–Kier alpha value is -0.940. The molecule has 1 aromatic heterocycles. The third-order valence-corrected chi connectivity index (χ3v) is 4.57. The van der Waals surface area contributed by atoms with Gasteiger partial charge in [-0.15, -0.1) is 0 Å². The molecule has 0 aromatic carbocycles. The van der Waals surface area contributed by atoms with Crippen molar-refractivity contribution >= 4 is 0 Å². The molecule has 0 amide bonds. The molecule has 0 aliphatic heterocycles. The molecule has 1 heterocycles. The van der Waals surface area contributed by atoms with E-state index in [1.54, 1.807) is 7.11 Å². The minimum atomic E-state index is -0.339. The molecule has 1 aromatic rings. The molecule has 2 rings (SSSR count). The predicted octanol–water partition coefficient (Wildman–Crippen LogP) is 3.05. The molecule has 1 fully saturated rings. The van der Waals surface area contributed by atoms with Crippen LogP contribution in [0, 0.1) is 5.92 Å². The van der Waals surface area contributed by atoms with Gasteiger partial charge in [-0.2, -0.15) is 4.98 Å². The largest absolute Gasteiger partial charge is 0.370 e. The molecule has 0 saturated heterocycles. The van der Waals surface area contributed by atoms with Crippen LogP contribution in [0.5, 0.6) is 0 Å². The Morgan fingerprint density at radius 1 is 1.43 bits per heavy atom. The van der Waals surface area contributed by atoms with Gasteiger partial charge in [0.25, 0.3) is 0 Å². The van der Waals surface area contributed by atoms with Crippen molar-refractivity contribution < 1.29 is 9.26 Å². The van der Waals surface area contributed by atoms with Crippen molar-refractivity contribution in [2.75, 3.05) is 13.7 Å². The van der Waals surface area contributed by atoms with Crippen LogP contribution in [0.3, 0.4) is 0 Å². The summed E-state index contributed by atoms with van der Waals surface area (Å²) in [5.74, 6) is 2.20. The first-order valence-electron chi connectivity index (χ1n) is 8.21. The van der Waals surface area contributed by atoms with E-state index in [4.69, 9.17) is 9.26 Å². The predicted molar refractivity (Wildman–Crippen MR) is 82.1 cm³/mol. The van der Waals surface area contributed by atoms with E-state index in [0.29, 0.717) is 11.9 Å². The zero-order valence-corrected chi connectivity index (χ0v) is 13.8. The average Bonchev–Trinajstić information content (AvgIpc) is 2.95. The van der Waals surface area contributed by atoms with E-state index in [2.05, 4.69) is 36.2 Å². The Kier molecular flexibility index (Phi) is 5.76. The lowest BCUT2D eigenvalue weighted by Gasteiger charge is -2.35. The topological polar surface area (TPSA) is 60.2 Å². The Balaban J connectivity index is 2.00. The maximum Gasteiger partial charge on any atom is 0.228 e. The standard InChI is InChI=1S/C16H29N3O2/c1-5-10-17-13(3)11-14-18-15(19-21-14)16(20-4)8-6-12(2)7-9-16/h12-13,17H,5-11H2,1-4H3. The number of hydrogen-bond acceptors (Lipinski definition) is 5. The molecular weight excluding hydrogens is 266 g/mol. The number of nitrogens with one attached hydrogen (secondary N) is 1. The van der Waals surface area contributed by atoms with Crippen LogP contribution in [0.4, 0.5) is 0 Å². The van der Waals surface area contributed by atoms with Crippen molar-refractivity contribution in [2.24, 2.45) is 5.92 Å². The summed E-state index contributed by atoms with van der Waals surface area (Å²) in [5.41, 5.74) is -0.339. The molecule has 1 aliphatic carbocycles. The van der Waals surface area contributed by atoms with Gasteiger partial charge in [0, 0.05) is 19.6 Å². The van der Waals surface area contributed by atoms with Gasteiger partial charge in [-0.3, -0.25) is 0 Å². The molecule has 0 spiro atoms. The van der Waals surface area contributed by atoms with Crippen LogP contribution in [0.15, 0.2) is 4.52 Å². The second-order valence-electron chi connectivity index (χ2n) is 6.45. The first kappa shape index (κ1) is 16.4. The molecular formula is C16H29N3O2. The lowest BCUT2D eigenvalue weighted by molar-refractivity contribution is -0.0609. The number of hydrogen-bond donors (Lipinski definition) is 1. The first-order chi connectivity index (χ1) is 10.1. The maximum absolute atomic E-state index is 5.80. The molecule has 0 bridgehead atoms. The fourth-order valence-corrected chi connectivity index (χ4v) is 3.00. The van der Waals surface area contributed by atoms with Crippen molar-refractivity contribution in [3.63, 3.8) is 0 Å². The van der Waals surface area contributed by atoms with E-state index in [0.717, 1.165) is 56.8 Å². The number of methoxy groups -OCH3 is 1. The van der Waals surface area contributed by atoms with Crippen LogP contribution in [-0.4, -0.2) is 29.8 Å². The van der Waals surface area contributed by atoms with E-state index in [-0.39, 0.29) is 5.60 Å². The summed E-state index contributed by atoms with van der Waals surface area (Å²) in [4.78, 5) is 4.61. The van der Waals surface area contributed by atoms with Gasteiger partial charge in [0.2, 0.25) is 11.7 Å². The van der Waals surface area contributed by atoms with Crippen LogP contribution in [0.2, 0.25) is 0 Å². The summed E-state index contributed by atoms with van der Waals surface area (Å²) in [6.07, 6.45) is 6.17. The lowest BCUT2D eigenvalue weighted by Crippen LogP contribution is -2.34. The molecule has 0 radical (unpaired) electrons. The van der Waals surface area contributed by atoms with Gasteiger partial charge in [-0.05, 0) is 51.5 Å². The number of aromatic nitrogens is 2. The third-order valence-electron chi connectivity index (χ3n) is 4.57. The minimum Gasteiger partial charge on any atom is -0.370 e. The van der Waals surface area contributed by atoms with Crippen molar-refractivity contribution in [3.05, 3.63) is 11.7 Å². The molecule has 21 heavy (non-hydrogen) atoms. The number of ether oxygens (including phenoxy) is 1. The maximum atomic E-state index is 5.80. The van der Waals surface area contributed by atoms with Gasteiger partial charge in [-0.25, -0.2) is 0 Å². The summed E-state index contributed by atoms with van der Waals surface area (Å²) in [6.45, 7) is 7.62. The zero-order valence-electron chi connectivity index (χ0n) is 13.8. The quantitative estimate of drug-likeness (QED) is 0.837. The van der Waals surface area contributed by atoms with Crippen molar-refractivity contribution in [2.45, 2.75) is 70.9 Å². The third kappa shape index (κ3) is 4.04. The molecule has 1 saturated carbocycles.